The first-order chi connectivity index (χ1) is 10.9. The lowest BCUT2D eigenvalue weighted by Crippen LogP contribution is -2.38. The average molecular weight is 323 g/mol. The molecule has 0 radical (unpaired) electrons. The maximum absolute atomic E-state index is 11.6. The van der Waals surface area contributed by atoms with Crippen LogP contribution in [0.4, 0.5) is 17.1 Å². The van der Waals surface area contributed by atoms with Crippen LogP contribution in [-0.4, -0.2) is 28.3 Å². The van der Waals surface area contributed by atoms with Gasteiger partial charge in [-0.15, -0.1) is 0 Å². The minimum Gasteiger partial charge on any atom is -0.358 e. The van der Waals surface area contributed by atoms with Crippen molar-refractivity contribution in [1.82, 2.24) is 5.43 Å². The molecule has 1 aromatic rings. The summed E-state index contributed by atoms with van der Waals surface area (Å²) in [5.74, 6) is 4.19. The lowest BCUT2D eigenvalue weighted by atomic mass is 10.0. The molecule has 0 spiro atoms. The molecule has 0 aromatic heterocycles. The molecule has 1 heterocycles. The topological polar surface area (TPSA) is 145 Å². The summed E-state index contributed by atoms with van der Waals surface area (Å²) in [7, 11) is 0. The first-order valence-corrected chi connectivity index (χ1v) is 7.11. The largest absolute Gasteiger partial charge is 0.358 e. The zero-order valence-corrected chi connectivity index (χ0v) is 12.5. The number of nitrogens with zero attached hydrogens (tertiary/aromatic N) is 3. The standard InChI is InChI=1S/C13H17N5O5/c1-8-4-2-3-5-16(8)12-10(17(20)21)6-9(13(19)15-14)7-11(12)18(22)23/h6-8H,2-5,14H2,1H3,(H,15,19). The number of hydrogen-bond acceptors (Lipinski definition) is 7. The Labute approximate surface area is 131 Å². The van der Waals surface area contributed by atoms with Crippen molar-refractivity contribution in [3.05, 3.63) is 37.9 Å². The van der Waals surface area contributed by atoms with E-state index in [9.17, 15) is 25.0 Å². The molecular formula is C13H17N5O5. The molecule has 1 amide bonds. The van der Waals surface area contributed by atoms with Crippen molar-refractivity contribution in [2.24, 2.45) is 5.84 Å². The van der Waals surface area contributed by atoms with Crippen molar-refractivity contribution in [3.8, 4) is 0 Å². The van der Waals surface area contributed by atoms with E-state index in [1.165, 1.54) is 0 Å². The van der Waals surface area contributed by atoms with Gasteiger partial charge in [-0.3, -0.25) is 30.4 Å². The van der Waals surface area contributed by atoms with Crippen molar-refractivity contribution >= 4 is 23.0 Å². The highest BCUT2D eigenvalue weighted by Crippen LogP contribution is 2.41. The third kappa shape index (κ3) is 3.21. The maximum Gasteiger partial charge on any atom is 0.300 e. The van der Waals surface area contributed by atoms with Crippen LogP contribution in [0.3, 0.4) is 0 Å². The van der Waals surface area contributed by atoms with Gasteiger partial charge in [0.1, 0.15) is 0 Å². The number of carbonyl (C=O) groups is 1. The van der Waals surface area contributed by atoms with Gasteiger partial charge >= 0.3 is 0 Å². The summed E-state index contributed by atoms with van der Waals surface area (Å²) >= 11 is 0. The van der Waals surface area contributed by atoms with Crippen molar-refractivity contribution < 1.29 is 14.6 Å². The van der Waals surface area contributed by atoms with Gasteiger partial charge in [0, 0.05) is 24.7 Å². The number of piperidine rings is 1. The molecule has 3 N–H and O–H groups in total. The highest BCUT2D eigenvalue weighted by atomic mass is 16.6. The molecule has 2 rings (SSSR count). The van der Waals surface area contributed by atoms with E-state index in [0.717, 1.165) is 31.4 Å². The molecular weight excluding hydrogens is 306 g/mol. The van der Waals surface area contributed by atoms with Crippen LogP contribution >= 0.6 is 0 Å². The van der Waals surface area contributed by atoms with Crippen LogP contribution in [0.1, 0.15) is 36.5 Å². The van der Waals surface area contributed by atoms with E-state index < -0.39 is 27.1 Å². The van der Waals surface area contributed by atoms with E-state index in [4.69, 9.17) is 5.84 Å². The minimum atomic E-state index is -0.825. The number of hydrazine groups is 1. The van der Waals surface area contributed by atoms with Crippen molar-refractivity contribution in [1.29, 1.82) is 0 Å². The zero-order chi connectivity index (χ0) is 17.1. The van der Waals surface area contributed by atoms with Gasteiger partial charge in [-0.1, -0.05) is 0 Å². The molecule has 1 aliphatic heterocycles. The summed E-state index contributed by atoms with van der Waals surface area (Å²) < 4.78 is 0. The number of nitro benzene ring substituents is 2. The summed E-state index contributed by atoms with van der Waals surface area (Å²) in [5, 5.41) is 22.8. The molecule has 1 fully saturated rings. The van der Waals surface area contributed by atoms with Gasteiger partial charge in [0.25, 0.3) is 17.3 Å². The summed E-state index contributed by atoms with van der Waals surface area (Å²) in [6, 6.07) is 1.98. The van der Waals surface area contributed by atoms with E-state index in [-0.39, 0.29) is 17.3 Å². The highest BCUT2D eigenvalue weighted by Gasteiger charge is 2.35. The third-order valence-corrected chi connectivity index (χ3v) is 3.95. The SMILES string of the molecule is CC1CCCCN1c1c([N+](=O)[O-])cc(C(=O)NN)cc1[N+](=O)[O-]. The Bertz CT molecular complexity index is 627. The predicted octanol–water partition coefficient (Wildman–Crippen LogP) is 1.49. The Morgan fingerprint density at radius 2 is 1.83 bits per heavy atom. The number of anilines is 1. The number of benzene rings is 1. The van der Waals surface area contributed by atoms with Gasteiger partial charge in [0.05, 0.1) is 15.4 Å². The van der Waals surface area contributed by atoms with Gasteiger partial charge in [0.15, 0.2) is 5.69 Å². The number of nitrogens with one attached hydrogen (secondary N) is 1. The van der Waals surface area contributed by atoms with E-state index in [1.54, 1.807) is 4.90 Å². The van der Waals surface area contributed by atoms with Gasteiger partial charge in [-0.05, 0) is 26.2 Å². The molecule has 1 aliphatic rings. The Morgan fingerprint density at radius 1 is 1.26 bits per heavy atom. The summed E-state index contributed by atoms with van der Waals surface area (Å²) in [6.45, 7) is 2.36. The number of hydrogen-bond donors (Lipinski definition) is 2. The predicted molar refractivity (Wildman–Crippen MR) is 82.1 cm³/mol. The smallest absolute Gasteiger partial charge is 0.300 e. The first-order valence-electron chi connectivity index (χ1n) is 7.11. The Hall–Kier alpha value is -2.75. The molecule has 0 saturated carbocycles. The van der Waals surface area contributed by atoms with Crippen LogP contribution in [0.25, 0.3) is 0 Å². The van der Waals surface area contributed by atoms with Crippen molar-refractivity contribution in [2.75, 3.05) is 11.4 Å². The van der Waals surface area contributed by atoms with E-state index in [1.807, 2.05) is 12.3 Å². The number of nitrogens with two attached hydrogens (primary N) is 1. The fourth-order valence-electron chi connectivity index (χ4n) is 2.82. The van der Waals surface area contributed by atoms with Crippen LogP contribution in [-0.2, 0) is 0 Å². The number of carbonyl (C=O) groups excluding carboxylic acids is 1. The lowest BCUT2D eigenvalue weighted by Gasteiger charge is -2.34. The van der Waals surface area contributed by atoms with Crippen LogP contribution in [0.15, 0.2) is 12.1 Å². The number of amides is 1. The monoisotopic (exact) mass is 323 g/mol. The van der Waals surface area contributed by atoms with Crippen LogP contribution in [0, 0.1) is 20.2 Å². The van der Waals surface area contributed by atoms with Gasteiger partial charge < -0.3 is 4.90 Å². The maximum atomic E-state index is 11.6. The lowest BCUT2D eigenvalue weighted by molar-refractivity contribution is -0.392. The van der Waals surface area contributed by atoms with Crippen LogP contribution < -0.4 is 16.2 Å². The molecule has 23 heavy (non-hydrogen) atoms. The van der Waals surface area contributed by atoms with Gasteiger partial charge in [-0.2, -0.15) is 0 Å². The summed E-state index contributed by atoms with van der Waals surface area (Å²) in [4.78, 5) is 34.7. The molecule has 1 unspecified atom stereocenters. The average Bonchev–Trinajstić information content (AvgIpc) is 2.53. The molecule has 1 saturated heterocycles. The van der Waals surface area contributed by atoms with Crippen LogP contribution in [0.2, 0.25) is 0 Å². The first kappa shape index (κ1) is 16.6. The van der Waals surface area contributed by atoms with E-state index in [2.05, 4.69) is 0 Å². The highest BCUT2D eigenvalue weighted by molar-refractivity contribution is 5.97. The van der Waals surface area contributed by atoms with Gasteiger partial charge in [0.2, 0.25) is 0 Å². The Kier molecular flexibility index (Phi) is 4.74. The second-order valence-electron chi connectivity index (χ2n) is 5.39. The van der Waals surface area contributed by atoms with E-state index in [0.29, 0.717) is 6.54 Å². The number of nitrogen functional groups attached to an aromatic ring is 1. The molecule has 0 aliphatic carbocycles. The van der Waals surface area contributed by atoms with Crippen molar-refractivity contribution in [3.63, 3.8) is 0 Å². The summed E-state index contributed by atoms with van der Waals surface area (Å²) in [5.41, 5.74) is 0.614. The van der Waals surface area contributed by atoms with Crippen LogP contribution in [0.5, 0.6) is 0 Å². The Balaban J connectivity index is 2.69. The number of rotatable bonds is 4. The summed E-state index contributed by atoms with van der Waals surface area (Å²) in [6.07, 6.45) is 2.55. The molecule has 1 aromatic carbocycles. The minimum absolute atomic E-state index is 0.0548. The fraction of sp³-hybridized carbons (Fsp3) is 0.462. The number of nitro groups is 2. The molecule has 1 atom stereocenters. The van der Waals surface area contributed by atoms with Gasteiger partial charge in [-0.25, -0.2) is 5.84 Å². The zero-order valence-electron chi connectivity index (χ0n) is 12.5. The molecule has 124 valence electrons. The quantitative estimate of drug-likeness (QED) is 0.369. The molecule has 0 bridgehead atoms. The Morgan fingerprint density at radius 3 is 2.26 bits per heavy atom. The molecule has 10 nitrogen and oxygen atoms in total. The van der Waals surface area contributed by atoms with Crippen molar-refractivity contribution in [2.45, 2.75) is 32.2 Å². The van der Waals surface area contributed by atoms with E-state index >= 15 is 0 Å². The second kappa shape index (κ2) is 6.57. The molecule has 10 heteroatoms. The fourth-order valence-corrected chi connectivity index (χ4v) is 2.82. The second-order valence-corrected chi connectivity index (χ2v) is 5.39. The third-order valence-electron chi connectivity index (χ3n) is 3.95. The normalized spacial score (nSPS) is 17.7.